The summed E-state index contributed by atoms with van der Waals surface area (Å²) in [6, 6.07) is 2.05. The second kappa shape index (κ2) is 7.42. The van der Waals surface area contributed by atoms with E-state index in [4.69, 9.17) is 9.84 Å². The van der Waals surface area contributed by atoms with E-state index in [9.17, 15) is 9.59 Å². The Kier molecular flexibility index (Phi) is 5.58. The zero-order chi connectivity index (χ0) is 15.2. The fourth-order valence-corrected chi connectivity index (χ4v) is 3.12. The third kappa shape index (κ3) is 4.44. The Labute approximate surface area is 127 Å². The number of hydrogen-bond acceptors (Lipinski definition) is 5. The summed E-state index contributed by atoms with van der Waals surface area (Å²) in [6.07, 6.45) is 1.53. The van der Waals surface area contributed by atoms with Gasteiger partial charge in [-0.15, -0.1) is 11.3 Å². The van der Waals surface area contributed by atoms with Gasteiger partial charge in [0.1, 0.15) is 0 Å². The van der Waals surface area contributed by atoms with E-state index in [2.05, 4.69) is 5.32 Å². The Balaban J connectivity index is 1.73. The molecule has 0 atom stereocenters. The number of carbonyl (C=O) groups excluding carboxylic acids is 1. The van der Waals surface area contributed by atoms with Crippen molar-refractivity contribution in [2.45, 2.75) is 32.4 Å². The molecule has 21 heavy (non-hydrogen) atoms. The highest BCUT2D eigenvalue weighted by atomic mass is 32.1. The number of nitrogens with one attached hydrogen (secondary N) is 1. The van der Waals surface area contributed by atoms with Gasteiger partial charge in [-0.25, -0.2) is 9.59 Å². The lowest BCUT2D eigenvalue weighted by molar-refractivity contribution is 0.0697. The molecule has 0 unspecified atom stereocenters. The van der Waals surface area contributed by atoms with Crippen LogP contribution in [-0.2, 0) is 11.3 Å². The van der Waals surface area contributed by atoms with Crippen LogP contribution in [0.1, 0.15) is 35.0 Å². The van der Waals surface area contributed by atoms with Gasteiger partial charge in [-0.05, 0) is 25.8 Å². The molecule has 1 fully saturated rings. The predicted molar refractivity (Wildman–Crippen MR) is 79.7 cm³/mol. The van der Waals surface area contributed by atoms with Crippen LogP contribution in [0.3, 0.4) is 0 Å². The first-order chi connectivity index (χ1) is 10.1. The van der Waals surface area contributed by atoms with Gasteiger partial charge in [-0.1, -0.05) is 0 Å². The molecule has 1 amide bonds. The Hall–Kier alpha value is -1.60. The number of aromatic carboxylic acids is 1. The van der Waals surface area contributed by atoms with Gasteiger partial charge in [-0.3, -0.25) is 0 Å². The van der Waals surface area contributed by atoms with Gasteiger partial charge in [0.2, 0.25) is 0 Å². The summed E-state index contributed by atoms with van der Waals surface area (Å²) >= 11 is 1.45. The van der Waals surface area contributed by atoms with Crippen molar-refractivity contribution >= 4 is 23.4 Å². The number of amides is 1. The minimum atomic E-state index is -0.889. The van der Waals surface area contributed by atoms with E-state index in [1.165, 1.54) is 11.3 Å². The van der Waals surface area contributed by atoms with E-state index in [0.29, 0.717) is 37.8 Å². The lowest BCUT2D eigenvalue weighted by Gasteiger charge is -2.31. The summed E-state index contributed by atoms with van der Waals surface area (Å²) in [7, 11) is 0. The van der Waals surface area contributed by atoms with E-state index in [1.807, 2.05) is 0 Å². The van der Waals surface area contributed by atoms with Crippen molar-refractivity contribution < 1.29 is 19.4 Å². The van der Waals surface area contributed by atoms with E-state index in [0.717, 1.165) is 17.7 Å². The van der Waals surface area contributed by atoms with Gasteiger partial charge < -0.3 is 20.1 Å². The lowest BCUT2D eigenvalue weighted by Crippen LogP contribution is -2.44. The topological polar surface area (TPSA) is 78.9 Å². The molecular formula is C14H20N2O4S. The second-order valence-electron chi connectivity index (χ2n) is 4.95. The third-order valence-electron chi connectivity index (χ3n) is 3.49. The fourth-order valence-electron chi connectivity index (χ4n) is 2.31. The van der Waals surface area contributed by atoms with E-state index >= 15 is 0 Å². The molecule has 1 aromatic heterocycles. The van der Waals surface area contributed by atoms with Gasteiger partial charge >= 0.3 is 12.1 Å². The Bertz CT molecular complexity index is 495. The molecule has 0 saturated carbocycles. The molecule has 0 aliphatic carbocycles. The summed E-state index contributed by atoms with van der Waals surface area (Å²) in [6.45, 7) is 4.27. The fraction of sp³-hybridized carbons (Fsp3) is 0.571. The molecule has 2 rings (SSSR count). The lowest BCUT2D eigenvalue weighted by atomic mass is 10.1. The van der Waals surface area contributed by atoms with Gasteiger partial charge in [0, 0.05) is 35.9 Å². The molecule has 1 saturated heterocycles. The minimum absolute atomic E-state index is 0.236. The van der Waals surface area contributed by atoms with E-state index in [-0.39, 0.29) is 6.09 Å². The molecule has 0 bridgehead atoms. The minimum Gasteiger partial charge on any atom is -0.478 e. The summed E-state index contributed by atoms with van der Waals surface area (Å²) in [5.41, 5.74) is 0.342. The molecule has 116 valence electrons. The highest BCUT2D eigenvalue weighted by Crippen LogP contribution is 2.16. The van der Waals surface area contributed by atoms with Crippen LogP contribution in [0, 0.1) is 0 Å². The maximum Gasteiger partial charge on any atom is 0.409 e. The number of carboxylic acids is 1. The van der Waals surface area contributed by atoms with Crippen molar-refractivity contribution in [1.82, 2.24) is 10.2 Å². The zero-order valence-corrected chi connectivity index (χ0v) is 12.8. The summed E-state index contributed by atoms with van der Waals surface area (Å²) < 4.78 is 4.98. The van der Waals surface area contributed by atoms with Crippen molar-refractivity contribution in [3.05, 3.63) is 21.9 Å². The molecule has 1 aliphatic rings. The SMILES string of the molecule is CCOC(=O)N1CCC(NCc2cc(C(=O)O)cs2)CC1. The number of piperidine rings is 1. The monoisotopic (exact) mass is 312 g/mol. The average molecular weight is 312 g/mol. The molecule has 0 aromatic carbocycles. The molecule has 0 radical (unpaired) electrons. The smallest absolute Gasteiger partial charge is 0.409 e. The second-order valence-corrected chi connectivity index (χ2v) is 5.94. The van der Waals surface area contributed by atoms with Gasteiger partial charge in [0.15, 0.2) is 0 Å². The summed E-state index contributed by atoms with van der Waals surface area (Å²) in [4.78, 5) is 25.1. The van der Waals surface area contributed by atoms with Crippen molar-refractivity contribution in [2.75, 3.05) is 19.7 Å². The number of thiophene rings is 1. The molecular weight excluding hydrogens is 292 g/mol. The quantitative estimate of drug-likeness (QED) is 0.871. The van der Waals surface area contributed by atoms with Crippen LogP contribution in [-0.4, -0.2) is 47.8 Å². The highest BCUT2D eigenvalue weighted by molar-refractivity contribution is 7.10. The number of carbonyl (C=O) groups is 2. The molecule has 1 aliphatic heterocycles. The van der Waals surface area contributed by atoms with Gasteiger partial charge in [0.05, 0.1) is 12.2 Å². The average Bonchev–Trinajstić information content (AvgIpc) is 2.95. The number of carboxylic acid groups (broad SMARTS) is 1. The summed E-state index contributed by atoms with van der Waals surface area (Å²) in [5.74, 6) is -0.889. The van der Waals surface area contributed by atoms with Crippen LogP contribution in [0.25, 0.3) is 0 Å². The third-order valence-corrected chi connectivity index (χ3v) is 4.42. The van der Waals surface area contributed by atoms with Gasteiger partial charge in [-0.2, -0.15) is 0 Å². The number of ether oxygens (including phenoxy) is 1. The first-order valence-corrected chi connectivity index (χ1v) is 7.94. The highest BCUT2D eigenvalue weighted by Gasteiger charge is 2.23. The maximum atomic E-state index is 11.6. The number of likely N-dealkylation sites (tertiary alicyclic amines) is 1. The first kappa shape index (κ1) is 15.8. The number of rotatable bonds is 5. The van der Waals surface area contributed by atoms with Crippen molar-refractivity contribution in [2.24, 2.45) is 0 Å². The van der Waals surface area contributed by atoms with Crippen molar-refractivity contribution in [3.8, 4) is 0 Å². The number of hydrogen-bond donors (Lipinski definition) is 2. The molecule has 7 heteroatoms. The Morgan fingerprint density at radius 3 is 2.76 bits per heavy atom. The Morgan fingerprint density at radius 1 is 1.48 bits per heavy atom. The Morgan fingerprint density at radius 2 is 2.19 bits per heavy atom. The molecule has 6 nitrogen and oxygen atoms in total. The van der Waals surface area contributed by atoms with Crippen LogP contribution >= 0.6 is 11.3 Å². The van der Waals surface area contributed by atoms with Crippen molar-refractivity contribution in [1.29, 1.82) is 0 Å². The van der Waals surface area contributed by atoms with Crippen LogP contribution in [0.15, 0.2) is 11.4 Å². The predicted octanol–water partition coefficient (Wildman–Crippen LogP) is 2.16. The molecule has 2 heterocycles. The normalized spacial score (nSPS) is 16.0. The molecule has 0 spiro atoms. The largest absolute Gasteiger partial charge is 0.478 e. The van der Waals surface area contributed by atoms with E-state index in [1.54, 1.807) is 23.3 Å². The van der Waals surface area contributed by atoms with Gasteiger partial charge in [0.25, 0.3) is 0 Å². The number of nitrogens with zero attached hydrogens (tertiary/aromatic N) is 1. The van der Waals surface area contributed by atoms with Crippen LogP contribution in [0.4, 0.5) is 4.79 Å². The molecule has 1 aromatic rings. The molecule has 2 N–H and O–H groups in total. The van der Waals surface area contributed by atoms with Crippen LogP contribution < -0.4 is 5.32 Å². The van der Waals surface area contributed by atoms with E-state index < -0.39 is 5.97 Å². The van der Waals surface area contributed by atoms with Crippen LogP contribution in [0.5, 0.6) is 0 Å². The standard InChI is InChI=1S/C14H20N2O4S/c1-2-20-14(19)16-5-3-11(4-6-16)15-8-12-7-10(9-21-12)13(17)18/h7,9,11,15H,2-6,8H2,1H3,(H,17,18). The maximum absolute atomic E-state index is 11.6. The van der Waals surface area contributed by atoms with Crippen molar-refractivity contribution in [3.63, 3.8) is 0 Å². The summed E-state index contributed by atoms with van der Waals surface area (Å²) in [5, 5.41) is 14.0. The first-order valence-electron chi connectivity index (χ1n) is 7.06. The zero-order valence-electron chi connectivity index (χ0n) is 12.0. The van der Waals surface area contributed by atoms with Crippen LogP contribution in [0.2, 0.25) is 0 Å².